The van der Waals surface area contributed by atoms with Gasteiger partial charge in [0.2, 0.25) is 0 Å². The monoisotopic (exact) mass is 294 g/mol. The van der Waals surface area contributed by atoms with Gasteiger partial charge in [0.15, 0.2) is 0 Å². The lowest BCUT2D eigenvalue weighted by Crippen LogP contribution is -2.21. The number of nitrogens with one attached hydrogen (secondary N) is 1. The summed E-state index contributed by atoms with van der Waals surface area (Å²) in [5.41, 5.74) is 1.18. The largest absolute Gasteiger partial charge is 0.366 e. The summed E-state index contributed by atoms with van der Waals surface area (Å²) < 4.78 is 3.08. The van der Waals surface area contributed by atoms with Crippen molar-refractivity contribution in [1.82, 2.24) is 14.5 Å². The van der Waals surface area contributed by atoms with Crippen LogP contribution in [0.3, 0.4) is 0 Å². The van der Waals surface area contributed by atoms with Gasteiger partial charge in [-0.05, 0) is 41.4 Å². The summed E-state index contributed by atoms with van der Waals surface area (Å²) in [6.07, 6.45) is 7.38. The third-order valence-electron chi connectivity index (χ3n) is 2.49. The molecule has 0 aliphatic rings. The first-order valence-corrected chi connectivity index (χ1v) is 6.29. The van der Waals surface area contributed by atoms with Gasteiger partial charge in [-0.2, -0.15) is 0 Å². The van der Waals surface area contributed by atoms with E-state index in [1.165, 1.54) is 5.56 Å². The second kappa shape index (κ2) is 5.31. The first kappa shape index (κ1) is 12.1. The molecular weight excluding hydrogens is 280 g/mol. The van der Waals surface area contributed by atoms with Crippen molar-refractivity contribution in [2.75, 3.05) is 5.32 Å². The van der Waals surface area contributed by atoms with Gasteiger partial charge in [-0.25, -0.2) is 9.97 Å². The molecule has 0 aliphatic heterocycles. The van der Waals surface area contributed by atoms with Gasteiger partial charge in [0.1, 0.15) is 5.82 Å². The Labute approximate surface area is 109 Å². The minimum Gasteiger partial charge on any atom is -0.366 e. The zero-order valence-corrected chi connectivity index (χ0v) is 11.5. The molecule has 5 heteroatoms. The molecule has 1 unspecified atom stereocenters. The summed E-state index contributed by atoms with van der Waals surface area (Å²) in [5.74, 6) is 0.901. The predicted octanol–water partition coefficient (Wildman–Crippen LogP) is 2.85. The highest BCUT2D eigenvalue weighted by molar-refractivity contribution is 9.10. The SMILES string of the molecule is Cc1cc(NC(C)Cn2ccnc2)ncc1Br. The van der Waals surface area contributed by atoms with E-state index in [1.54, 1.807) is 6.20 Å². The van der Waals surface area contributed by atoms with E-state index in [4.69, 9.17) is 0 Å². The molecule has 2 heterocycles. The number of rotatable bonds is 4. The molecule has 0 saturated carbocycles. The van der Waals surface area contributed by atoms with E-state index in [2.05, 4.69) is 45.1 Å². The highest BCUT2D eigenvalue weighted by Gasteiger charge is 2.04. The number of hydrogen-bond donors (Lipinski definition) is 1. The first-order chi connectivity index (χ1) is 8.15. The highest BCUT2D eigenvalue weighted by atomic mass is 79.9. The van der Waals surface area contributed by atoms with Crippen LogP contribution in [0.2, 0.25) is 0 Å². The number of anilines is 1. The summed E-state index contributed by atoms with van der Waals surface area (Å²) in [7, 11) is 0. The maximum absolute atomic E-state index is 4.33. The molecule has 0 radical (unpaired) electrons. The average molecular weight is 295 g/mol. The lowest BCUT2D eigenvalue weighted by Gasteiger charge is -2.15. The number of aromatic nitrogens is 3. The summed E-state index contributed by atoms with van der Waals surface area (Å²) in [4.78, 5) is 8.35. The van der Waals surface area contributed by atoms with E-state index in [0.717, 1.165) is 16.8 Å². The lowest BCUT2D eigenvalue weighted by molar-refractivity contribution is 0.617. The summed E-state index contributed by atoms with van der Waals surface area (Å²) >= 11 is 3.44. The van der Waals surface area contributed by atoms with Gasteiger partial charge in [0.05, 0.1) is 6.33 Å². The Hall–Kier alpha value is -1.36. The number of nitrogens with zero attached hydrogens (tertiary/aromatic N) is 3. The normalized spacial score (nSPS) is 12.4. The Kier molecular flexibility index (Phi) is 3.78. The zero-order chi connectivity index (χ0) is 12.3. The Morgan fingerprint density at radius 2 is 2.35 bits per heavy atom. The smallest absolute Gasteiger partial charge is 0.126 e. The zero-order valence-electron chi connectivity index (χ0n) is 9.89. The molecule has 4 nitrogen and oxygen atoms in total. The van der Waals surface area contributed by atoms with Crippen LogP contribution in [-0.2, 0) is 6.54 Å². The van der Waals surface area contributed by atoms with E-state index in [1.807, 2.05) is 29.4 Å². The van der Waals surface area contributed by atoms with Gasteiger partial charge in [0, 0.05) is 35.6 Å². The lowest BCUT2D eigenvalue weighted by atomic mass is 10.2. The van der Waals surface area contributed by atoms with Gasteiger partial charge in [-0.1, -0.05) is 0 Å². The van der Waals surface area contributed by atoms with Crippen molar-refractivity contribution in [3.63, 3.8) is 0 Å². The molecule has 17 heavy (non-hydrogen) atoms. The van der Waals surface area contributed by atoms with Crippen LogP contribution in [0.5, 0.6) is 0 Å². The quantitative estimate of drug-likeness (QED) is 0.943. The predicted molar refractivity (Wildman–Crippen MR) is 72.0 cm³/mol. The van der Waals surface area contributed by atoms with E-state index < -0.39 is 0 Å². The van der Waals surface area contributed by atoms with Crippen LogP contribution in [0, 0.1) is 6.92 Å². The highest BCUT2D eigenvalue weighted by Crippen LogP contribution is 2.17. The molecule has 2 rings (SSSR count). The van der Waals surface area contributed by atoms with Crippen LogP contribution >= 0.6 is 15.9 Å². The summed E-state index contributed by atoms with van der Waals surface area (Å²) in [5, 5.41) is 3.37. The van der Waals surface area contributed by atoms with E-state index >= 15 is 0 Å². The minimum atomic E-state index is 0.303. The number of imidazole rings is 1. The van der Waals surface area contributed by atoms with Crippen LogP contribution in [0.15, 0.2) is 35.5 Å². The van der Waals surface area contributed by atoms with Crippen molar-refractivity contribution >= 4 is 21.7 Å². The van der Waals surface area contributed by atoms with Crippen molar-refractivity contribution in [3.05, 3.63) is 41.0 Å². The molecule has 1 N–H and O–H groups in total. The molecule has 1 atom stereocenters. The molecule has 0 saturated heterocycles. The molecular formula is C12H15BrN4. The molecule has 0 fully saturated rings. The standard InChI is InChI=1S/C12H15BrN4/c1-9-5-12(15-6-11(9)13)16-10(2)7-17-4-3-14-8-17/h3-6,8,10H,7H2,1-2H3,(H,15,16). The molecule has 2 aromatic heterocycles. The van der Waals surface area contributed by atoms with E-state index in [-0.39, 0.29) is 0 Å². The van der Waals surface area contributed by atoms with Crippen molar-refractivity contribution in [1.29, 1.82) is 0 Å². The fourth-order valence-electron chi connectivity index (χ4n) is 1.63. The van der Waals surface area contributed by atoms with Crippen LogP contribution in [0.4, 0.5) is 5.82 Å². The maximum atomic E-state index is 4.33. The van der Waals surface area contributed by atoms with Crippen LogP contribution < -0.4 is 5.32 Å². The molecule has 0 spiro atoms. The molecule has 2 aromatic rings. The van der Waals surface area contributed by atoms with Crippen molar-refractivity contribution in [2.24, 2.45) is 0 Å². The fraction of sp³-hybridized carbons (Fsp3) is 0.333. The van der Waals surface area contributed by atoms with Gasteiger partial charge in [0.25, 0.3) is 0 Å². The van der Waals surface area contributed by atoms with Crippen LogP contribution in [0.25, 0.3) is 0 Å². The number of aryl methyl sites for hydroxylation is 1. The van der Waals surface area contributed by atoms with Gasteiger partial charge in [-0.3, -0.25) is 0 Å². The van der Waals surface area contributed by atoms with Crippen molar-refractivity contribution in [3.8, 4) is 0 Å². The first-order valence-electron chi connectivity index (χ1n) is 5.49. The van der Waals surface area contributed by atoms with E-state index in [9.17, 15) is 0 Å². The Bertz CT molecular complexity index is 481. The van der Waals surface area contributed by atoms with Gasteiger partial charge in [-0.15, -0.1) is 0 Å². The minimum absolute atomic E-state index is 0.303. The Morgan fingerprint density at radius 3 is 3.00 bits per heavy atom. The van der Waals surface area contributed by atoms with Crippen LogP contribution in [-0.4, -0.2) is 20.6 Å². The maximum Gasteiger partial charge on any atom is 0.126 e. The number of hydrogen-bond acceptors (Lipinski definition) is 3. The summed E-state index contributed by atoms with van der Waals surface area (Å²) in [6.45, 7) is 5.05. The van der Waals surface area contributed by atoms with Gasteiger partial charge >= 0.3 is 0 Å². The number of halogens is 1. The Morgan fingerprint density at radius 1 is 1.53 bits per heavy atom. The van der Waals surface area contributed by atoms with Crippen molar-refractivity contribution in [2.45, 2.75) is 26.4 Å². The van der Waals surface area contributed by atoms with Crippen molar-refractivity contribution < 1.29 is 0 Å². The molecule has 0 aromatic carbocycles. The molecule has 0 amide bonds. The van der Waals surface area contributed by atoms with E-state index in [0.29, 0.717) is 6.04 Å². The van der Waals surface area contributed by atoms with Gasteiger partial charge < -0.3 is 9.88 Å². The topological polar surface area (TPSA) is 42.7 Å². The molecule has 0 bridgehead atoms. The number of pyridine rings is 1. The molecule has 0 aliphatic carbocycles. The second-order valence-corrected chi connectivity index (χ2v) is 4.98. The third kappa shape index (κ3) is 3.30. The Balaban J connectivity index is 1.98. The average Bonchev–Trinajstić information content (AvgIpc) is 2.76. The van der Waals surface area contributed by atoms with Crippen LogP contribution in [0.1, 0.15) is 12.5 Å². The fourth-order valence-corrected chi connectivity index (χ4v) is 1.84. The molecule has 90 valence electrons. The second-order valence-electron chi connectivity index (χ2n) is 4.12. The summed E-state index contributed by atoms with van der Waals surface area (Å²) in [6, 6.07) is 2.34. The third-order valence-corrected chi connectivity index (χ3v) is 3.32.